The predicted molar refractivity (Wildman–Crippen MR) is 167 cm³/mol. The first-order valence-corrected chi connectivity index (χ1v) is 15.2. The van der Waals surface area contributed by atoms with Crippen molar-refractivity contribution in [1.82, 2.24) is 0 Å². The molecule has 0 saturated heterocycles. The quantitative estimate of drug-likeness (QED) is 0.169. The fourth-order valence-electron chi connectivity index (χ4n) is 4.72. The van der Waals surface area contributed by atoms with E-state index in [1.165, 1.54) is 32.9 Å². The highest BCUT2D eigenvalue weighted by Gasteiger charge is 2.11. The molecule has 0 aromatic heterocycles. The Morgan fingerprint density at radius 2 is 0.842 bits per heavy atom. The van der Waals surface area contributed by atoms with Crippen LogP contribution in [0.2, 0.25) is 0 Å². The lowest BCUT2D eigenvalue weighted by Crippen LogP contribution is -2.02. The van der Waals surface area contributed by atoms with Crippen LogP contribution in [-0.2, 0) is 12.3 Å². The van der Waals surface area contributed by atoms with E-state index in [4.69, 9.17) is 9.47 Å². The summed E-state index contributed by atoms with van der Waals surface area (Å²) in [5, 5.41) is 2.74. The van der Waals surface area contributed by atoms with Gasteiger partial charge < -0.3 is 9.47 Å². The molecule has 0 aliphatic carbocycles. The van der Waals surface area contributed by atoms with E-state index in [-0.39, 0.29) is 0 Å². The molecule has 0 bridgehead atoms. The Bertz CT molecular complexity index is 1400. The highest BCUT2D eigenvalue weighted by atomic mass is 31.1. The Labute approximate surface area is 229 Å². The van der Waals surface area contributed by atoms with Crippen LogP contribution in [0, 0.1) is 0 Å². The van der Waals surface area contributed by atoms with Gasteiger partial charge in [-0.25, -0.2) is 0 Å². The van der Waals surface area contributed by atoms with Gasteiger partial charge in [0.1, 0.15) is 11.5 Å². The van der Waals surface area contributed by atoms with Gasteiger partial charge in [-0.1, -0.05) is 126 Å². The molecular weight excluding hydrogens is 502 g/mol. The minimum atomic E-state index is 0.686. The maximum absolute atomic E-state index is 5.64. The van der Waals surface area contributed by atoms with E-state index in [1.807, 2.05) is 24.3 Å². The largest absolute Gasteiger partial charge is 0.496 e. The number of benzene rings is 5. The van der Waals surface area contributed by atoms with Crippen molar-refractivity contribution in [2.24, 2.45) is 0 Å². The topological polar surface area (TPSA) is 18.5 Å². The van der Waals surface area contributed by atoms with Gasteiger partial charge in [-0.2, -0.15) is 0 Å². The van der Waals surface area contributed by atoms with Gasteiger partial charge in [-0.15, -0.1) is 0 Å². The number of rotatable bonds is 10. The number of hydrogen-bond donors (Lipinski definition) is 0. The summed E-state index contributed by atoms with van der Waals surface area (Å²) in [6.07, 6.45) is 2.06. The van der Waals surface area contributed by atoms with Gasteiger partial charge in [0.25, 0.3) is 0 Å². The molecule has 0 radical (unpaired) electrons. The first-order chi connectivity index (χ1) is 18.8. The van der Waals surface area contributed by atoms with Crippen LogP contribution in [0.15, 0.2) is 121 Å². The van der Waals surface area contributed by atoms with E-state index in [0.717, 1.165) is 34.9 Å². The number of para-hydroxylation sites is 2. The molecule has 0 fully saturated rings. The summed E-state index contributed by atoms with van der Waals surface area (Å²) in [5.74, 6) is 1.84. The average molecular weight is 535 g/mol. The summed E-state index contributed by atoms with van der Waals surface area (Å²) in [7, 11) is 4.85. The van der Waals surface area contributed by atoms with E-state index < -0.39 is 0 Å². The molecule has 0 aliphatic rings. The zero-order chi connectivity index (χ0) is 26.2. The lowest BCUT2D eigenvalue weighted by molar-refractivity contribution is 0.416. The fraction of sp³-hybridized carbons (Fsp3) is 0.118. The third-order valence-corrected chi connectivity index (χ3v) is 9.41. The first-order valence-electron chi connectivity index (χ1n) is 12.8. The van der Waals surface area contributed by atoms with Gasteiger partial charge in [0, 0.05) is 11.1 Å². The second-order valence-corrected chi connectivity index (χ2v) is 11.5. The average Bonchev–Trinajstić information content (AvgIpc) is 2.99. The Morgan fingerprint density at radius 3 is 1.29 bits per heavy atom. The molecule has 2 nitrogen and oxygen atoms in total. The van der Waals surface area contributed by atoms with Gasteiger partial charge in [0.05, 0.1) is 14.2 Å². The first kappa shape index (κ1) is 26.2. The Hall–Kier alpha value is -3.44. The van der Waals surface area contributed by atoms with E-state index in [0.29, 0.717) is 17.2 Å². The van der Waals surface area contributed by atoms with Crippen LogP contribution in [0.25, 0.3) is 22.3 Å². The number of methoxy groups -OCH3 is 2. The lowest BCUT2D eigenvalue weighted by atomic mass is 10.0. The summed E-state index contributed by atoms with van der Waals surface area (Å²) in [5.41, 5.74) is 7.60. The third-order valence-electron chi connectivity index (χ3n) is 6.61. The van der Waals surface area contributed by atoms with Crippen molar-refractivity contribution < 1.29 is 9.47 Å². The number of hydrogen-bond acceptors (Lipinski definition) is 2. The molecule has 38 heavy (non-hydrogen) atoms. The SMILES string of the molecule is COc1ccccc1-c1ccccc1PCc1cccc(CPc2ccccc2-c2ccccc2OC)c1. The van der Waals surface area contributed by atoms with E-state index >= 15 is 0 Å². The predicted octanol–water partition coefficient (Wildman–Crippen LogP) is 8.05. The van der Waals surface area contributed by atoms with Crippen molar-refractivity contribution in [3.63, 3.8) is 0 Å². The van der Waals surface area contributed by atoms with Crippen LogP contribution in [0.4, 0.5) is 0 Å². The summed E-state index contributed by atoms with van der Waals surface area (Å²) < 4.78 is 11.3. The summed E-state index contributed by atoms with van der Waals surface area (Å²) in [4.78, 5) is 0. The standard InChI is InChI=1S/C34H32O2P2/c1-35-31-18-7-3-14-27(31)29-16-5-9-20-33(29)37-23-25-12-11-13-26(22-25)24-38-34-21-10-6-17-30(34)28-15-4-8-19-32(28)36-2/h3-22,37-38H,23-24H2,1-2H3. The van der Waals surface area contributed by atoms with Crippen LogP contribution in [-0.4, -0.2) is 14.2 Å². The van der Waals surface area contributed by atoms with Gasteiger partial charge in [-0.05, 0) is 57.3 Å². The molecule has 4 heteroatoms. The van der Waals surface area contributed by atoms with E-state index in [2.05, 4.69) is 97.1 Å². The fourth-order valence-corrected chi connectivity index (χ4v) is 7.20. The second-order valence-electron chi connectivity index (χ2n) is 9.02. The normalized spacial score (nSPS) is 11.4. The van der Waals surface area contributed by atoms with Crippen LogP contribution in [0.5, 0.6) is 11.5 Å². The van der Waals surface area contributed by atoms with Crippen LogP contribution in [0.3, 0.4) is 0 Å². The van der Waals surface area contributed by atoms with Crippen molar-refractivity contribution in [3.05, 3.63) is 132 Å². The van der Waals surface area contributed by atoms with Crippen LogP contribution >= 0.6 is 17.2 Å². The molecule has 5 rings (SSSR count). The van der Waals surface area contributed by atoms with Crippen molar-refractivity contribution in [2.45, 2.75) is 12.3 Å². The second kappa shape index (κ2) is 12.9. The molecule has 0 aliphatic heterocycles. The molecule has 0 N–H and O–H groups in total. The molecular formula is C34H32O2P2. The Morgan fingerprint density at radius 1 is 0.447 bits per heavy atom. The molecule has 2 unspecified atom stereocenters. The van der Waals surface area contributed by atoms with Crippen molar-refractivity contribution in [3.8, 4) is 33.8 Å². The molecule has 0 spiro atoms. The summed E-state index contributed by atoms with van der Waals surface area (Å²) in [6.45, 7) is 0. The molecule has 5 aromatic carbocycles. The minimum Gasteiger partial charge on any atom is -0.496 e. The maximum Gasteiger partial charge on any atom is 0.126 e. The zero-order valence-corrected chi connectivity index (χ0v) is 23.8. The van der Waals surface area contributed by atoms with Crippen molar-refractivity contribution in [2.75, 3.05) is 14.2 Å². The smallest absolute Gasteiger partial charge is 0.126 e. The third kappa shape index (κ3) is 6.16. The monoisotopic (exact) mass is 534 g/mol. The summed E-state index contributed by atoms with van der Waals surface area (Å²) in [6, 6.07) is 43.1. The molecule has 2 atom stereocenters. The Kier molecular flexibility index (Phi) is 8.87. The minimum absolute atomic E-state index is 0.686. The molecule has 0 heterocycles. The highest BCUT2D eigenvalue weighted by molar-refractivity contribution is 7.47. The molecule has 5 aromatic rings. The van der Waals surface area contributed by atoms with Crippen molar-refractivity contribution in [1.29, 1.82) is 0 Å². The lowest BCUT2D eigenvalue weighted by Gasteiger charge is -2.14. The highest BCUT2D eigenvalue weighted by Crippen LogP contribution is 2.34. The summed E-state index contributed by atoms with van der Waals surface area (Å²) >= 11 is 0. The van der Waals surface area contributed by atoms with E-state index in [9.17, 15) is 0 Å². The molecule has 190 valence electrons. The van der Waals surface area contributed by atoms with Crippen LogP contribution in [0.1, 0.15) is 11.1 Å². The van der Waals surface area contributed by atoms with Gasteiger partial charge in [-0.3, -0.25) is 0 Å². The van der Waals surface area contributed by atoms with Crippen LogP contribution < -0.4 is 20.1 Å². The maximum atomic E-state index is 5.64. The molecule has 0 saturated carbocycles. The Balaban J connectivity index is 1.30. The van der Waals surface area contributed by atoms with Gasteiger partial charge >= 0.3 is 0 Å². The zero-order valence-electron chi connectivity index (χ0n) is 21.8. The van der Waals surface area contributed by atoms with Crippen molar-refractivity contribution >= 4 is 27.8 Å². The van der Waals surface area contributed by atoms with Gasteiger partial charge in [0.2, 0.25) is 0 Å². The molecule has 0 amide bonds. The van der Waals surface area contributed by atoms with E-state index in [1.54, 1.807) is 14.2 Å². The van der Waals surface area contributed by atoms with Gasteiger partial charge in [0.15, 0.2) is 0 Å². The number of ether oxygens (including phenoxy) is 2.